The van der Waals surface area contributed by atoms with Gasteiger partial charge in [-0.15, -0.1) is 0 Å². The Kier molecular flexibility index (Phi) is 5.06. The number of halogens is 1. The molecule has 0 radical (unpaired) electrons. The molecule has 2 heterocycles. The Morgan fingerprint density at radius 3 is 2.53 bits per heavy atom. The molecule has 1 atom stereocenters. The molecule has 7 nitrogen and oxygen atoms in total. The Balaban J connectivity index is 1.25. The van der Waals surface area contributed by atoms with Gasteiger partial charge in [-0.25, -0.2) is 14.1 Å². The Labute approximate surface area is 186 Å². The molecular formula is C24H24FN5O2. The summed E-state index contributed by atoms with van der Waals surface area (Å²) in [5.41, 5.74) is 2.14. The predicted molar refractivity (Wildman–Crippen MR) is 116 cm³/mol. The first kappa shape index (κ1) is 20.5. The van der Waals surface area contributed by atoms with E-state index in [1.807, 2.05) is 29.2 Å². The van der Waals surface area contributed by atoms with E-state index in [-0.39, 0.29) is 24.2 Å². The number of amides is 3. The van der Waals surface area contributed by atoms with Crippen LogP contribution in [0.5, 0.6) is 0 Å². The van der Waals surface area contributed by atoms with Crippen molar-refractivity contribution < 1.29 is 14.0 Å². The van der Waals surface area contributed by atoms with E-state index in [0.29, 0.717) is 44.7 Å². The van der Waals surface area contributed by atoms with Crippen molar-refractivity contribution in [2.75, 3.05) is 37.7 Å². The van der Waals surface area contributed by atoms with Gasteiger partial charge in [-0.1, -0.05) is 30.3 Å². The number of fused-ring (bicyclic) bond motifs is 1. The number of nitriles is 1. The molecule has 32 heavy (non-hydrogen) atoms. The standard InChI is InChI=1S/C24H24FN5O2/c25-20-6-3-7-21(19(20)15-26)29-12-10-28(11-13-29)16-30-22(31)24(27-23(30)32)9-8-17-4-1-2-5-18(17)14-24/h1-7H,8-14,16H2,(H,27,32). The van der Waals surface area contributed by atoms with E-state index in [4.69, 9.17) is 0 Å². The van der Waals surface area contributed by atoms with Crippen molar-refractivity contribution >= 4 is 17.6 Å². The van der Waals surface area contributed by atoms with Crippen LogP contribution in [0.3, 0.4) is 0 Å². The number of imide groups is 1. The maximum absolute atomic E-state index is 14.0. The van der Waals surface area contributed by atoms with Crippen molar-refractivity contribution in [1.82, 2.24) is 15.1 Å². The molecule has 1 N–H and O–H groups in total. The van der Waals surface area contributed by atoms with Gasteiger partial charge in [0, 0.05) is 32.6 Å². The van der Waals surface area contributed by atoms with Crippen LogP contribution in [-0.4, -0.2) is 60.1 Å². The summed E-state index contributed by atoms with van der Waals surface area (Å²) < 4.78 is 14.0. The van der Waals surface area contributed by atoms with Crippen LogP contribution in [0.2, 0.25) is 0 Å². The van der Waals surface area contributed by atoms with Crippen LogP contribution >= 0.6 is 0 Å². The van der Waals surface area contributed by atoms with Gasteiger partial charge >= 0.3 is 6.03 Å². The van der Waals surface area contributed by atoms with Gasteiger partial charge in [0.05, 0.1) is 12.4 Å². The molecule has 2 aromatic carbocycles. The second-order valence-corrected chi connectivity index (χ2v) is 8.68. The number of carbonyl (C=O) groups excluding carboxylic acids is 2. The fourth-order valence-corrected chi connectivity index (χ4v) is 5.05. The van der Waals surface area contributed by atoms with E-state index in [1.165, 1.54) is 16.5 Å². The summed E-state index contributed by atoms with van der Waals surface area (Å²) in [6, 6.07) is 14.3. The van der Waals surface area contributed by atoms with Gasteiger partial charge < -0.3 is 10.2 Å². The van der Waals surface area contributed by atoms with E-state index in [0.717, 1.165) is 12.0 Å². The third kappa shape index (κ3) is 3.39. The van der Waals surface area contributed by atoms with Crippen molar-refractivity contribution in [3.05, 3.63) is 65.0 Å². The molecule has 2 aromatic rings. The summed E-state index contributed by atoms with van der Waals surface area (Å²) in [4.78, 5) is 31.4. The molecule has 0 aromatic heterocycles. The van der Waals surface area contributed by atoms with E-state index < -0.39 is 11.4 Å². The summed E-state index contributed by atoms with van der Waals surface area (Å²) in [6.45, 7) is 2.61. The average Bonchev–Trinajstić information content (AvgIpc) is 3.03. The number of piperazine rings is 1. The number of hydrogen-bond acceptors (Lipinski definition) is 5. The lowest BCUT2D eigenvalue weighted by Gasteiger charge is -2.37. The molecule has 2 saturated heterocycles. The van der Waals surface area contributed by atoms with Crippen LogP contribution in [-0.2, 0) is 17.6 Å². The SMILES string of the molecule is N#Cc1c(F)cccc1N1CCN(CN2C(=O)NC3(CCc4ccccc4C3)C2=O)CC1. The molecule has 1 spiro atoms. The maximum atomic E-state index is 14.0. The minimum atomic E-state index is -0.851. The second kappa shape index (κ2) is 7.92. The molecule has 0 bridgehead atoms. The Bertz CT molecular complexity index is 1120. The summed E-state index contributed by atoms with van der Waals surface area (Å²) in [6.07, 6.45) is 1.90. The number of carbonyl (C=O) groups is 2. The van der Waals surface area contributed by atoms with Gasteiger partial charge in [0.1, 0.15) is 23.0 Å². The fourth-order valence-electron chi connectivity index (χ4n) is 5.05. The molecule has 3 aliphatic rings. The topological polar surface area (TPSA) is 79.7 Å². The molecule has 8 heteroatoms. The normalized spacial score (nSPS) is 23.2. The molecule has 164 valence electrons. The molecule has 1 unspecified atom stereocenters. The highest BCUT2D eigenvalue weighted by atomic mass is 19.1. The third-order valence-electron chi connectivity index (χ3n) is 6.84. The molecular weight excluding hydrogens is 409 g/mol. The zero-order valence-electron chi connectivity index (χ0n) is 17.7. The molecule has 5 rings (SSSR count). The van der Waals surface area contributed by atoms with Crippen LogP contribution in [0.15, 0.2) is 42.5 Å². The van der Waals surface area contributed by atoms with Gasteiger partial charge in [0.25, 0.3) is 5.91 Å². The Morgan fingerprint density at radius 2 is 1.78 bits per heavy atom. The van der Waals surface area contributed by atoms with Crippen LogP contribution in [0.4, 0.5) is 14.9 Å². The smallest absolute Gasteiger partial charge is 0.326 e. The summed E-state index contributed by atoms with van der Waals surface area (Å²) in [7, 11) is 0. The first-order chi connectivity index (χ1) is 15.5. The molecule has 1 aliphatic carbocycles. The number of hydrogen-bond donors (Lipinski definition) is 1. The number of anilines is 1. The number of urea groups is 1. The van der Waals surface area contributed by atoms with Crippen LogP contribution < -0.4 is 10.2 Å². The van der Waals surface area contributed by atoms with Crippen LogP contribution in [0.1, 0.15) is 23.1 Å². The van der Waals surface area contributed by atoms with E-state index in [2.05, 4.69) is 16.3 Å². The largest absolute Gasteiger partial charge is 0.368 e. The van der Waals surface area contributed by atoms with Crippen molar-refractivity contribution in [3.8, 4) is 6.07 Å². The fraction of sp³-hybridized carbons (Fsp3) is 0.375. The van der Waals surface area contributed by atoms with Gasteiger partial charge in [-0.05, 0) is 36.1 Å². The number of aryl methyl sites for hydroxylation is 1. The monoisotopic (exact) mass is 433 g/mol. The number of nitrogens with zero attached hydrogens (tertiary/aromatic N) is 4. The van der Waals surface area contributed by atoms with Crippen LogP contribution in [0, 0.1) is 17.1 Å². The maximum Gasteiger partial charge on any atom is 0.326 e. The van der Waals surface area contributed by atoms with Gasteiger partial charge in [-0.2, -0.15) is 5.26 Å². The van der Waals surface area contributed by atoms with Gasteiger partial charge in [0.15, 0.2) is 0 Å². The van der Waals surface area contributed by atoms with E-state index in [9.17, 15) is 19.2 Å². The highest BCUT2D eigenvalue weighted by molar-refractivity contribution is 6.07. The average molecular weight is 433 g/mol. The second-order valence-electron chi connectivity index (χ2n) is 8.68. The molecule has 0 saturated carbocycles. The Hall–Kier alpha value is -3.44. The quantitative estimate of drug-likeness (QED) is 0.752. The summed E-state index contributed by atoms with van der Waals surface area (Å²) in [5, 5.41) is 12.3. The zero-order valence-corrected chi connectivity index (χ0v) is 17.7. The summed E-state index contributed by atoms with van der Waals surface area (Å²) in [5.74, 6) is -0.678. The first-order valence-corrected chi connectivity index (χ1v) is 10.9. The highest BCUT2D eigenvalue weighted by Crippen LogP contribution is 2.34. The van der Waals surface area contributed by atoms with Crippen molar-refractivity contribution in [1.29, 1.82) is 5.26 Å². The van der Waals surface area contributed by atoms with Crippen molar-refractivity contribution in [3.63, 3.8) is 0 Å². The highest BCUT2D eigenvalue weighted by Gasteiger charge is 2.52. The molecule has 2 fully saturated rings. The van der Waals surface area contributed by atoms with Crippen LogP contribution in [0.25, 0.3) is 0 Å². The zero-order chi connectivity index (χ0) is 22.3. The Morgan fingerprint density at radius 1 is 1.03 bits per heavy atom. The third-order valence-corrected chi connectivity index (χ3v) is 6.84. The van der Waals surface area contributed by atoms with Gasteiger partial charge in [-0.3, -0.25) is 9.69 Å². The number of benzene rings is 2. The lowest BCUT2D eigenvalue weighted by molar-refractivity contribution is -0.133. The van der Waals surface area contributed by atoms with Crippen molar-refractivity contribution in [2.45, 2.75) is 24.8 Å². The predicted octanol–water partition coefficient (Wildman–Crippen LogP) is 2.26. The lowest BCUT2D eigenvalue weighted by Crippen LogP contribution is -2.53. The minimum Gasteiger partial charge on any atom is -0.368 e. The van der Waals surface area contributed by atoms with E-state index in [1.54, 1.807) is 12.1 Å². The van der Waals surface area contributed by atoms with Crippen molar-refractivity contribution in [2.24, 2.45) is 0 Å². The number of nitrogens with one attached hydrogen (secondary N) is 1. The number of rotatable bonds is 3. The molecule has 3 amide bonds. The lowest BCUT2D eigenvalue weighted by atomic mass is 9.78. The summed E-state index contributed by atoms with van der Waals surface area (Å²) >= 11 is 0. The van der Waals surface area contributed by atoms with Gasteiger partial charge in [0.2, 0.25) is 0 Å². The first-order valence-electron chi connectivity index (χ1n) is 10.9. The van der Waals surface area contributed by atoms with E-state index >= 15 is 0 Å². The minimum absolute atomic E-state index is 0.0505. The molecule has 2 aliphatic heterocycles.